The van der Waals surface area contributed by atoms with Crippen LogP contribution >= 0.6 is 0 Å². The van der Waals surface area contributed by atoms with Crippen LogP contribution in [0.15, 0.2) is 24.3 Å². The second-order valence-electron chi connectivity index (χ2n) is 7.95. The zero-order chi connectivity index (χ0) is 17.2. The van der Waals surface area contributed by atoms with Crippen LogP contribution in [0, 0.1) is 10.8 Å². The van der Waals surface area contributed by atoms with Crippen LogP contribution in [-0.4, -0.2) is 16.9 Å². The molecule has 0 atom stereocenters. The summed E-state index contributed by atoms with van der Waals surface area (Å²) in [6.07, 6.45) is 9.73. The number of carboxylic acids is 1. The van der Waals surface area contributed by atoms with E-state index >= 15 is 0 Å². The van der Waals surface area contributed by atoms with Gasteiger partial charge in [-0.25, -0.2) is 0 Å². The topological polar surface area (TPSA) is 54.4 Å². The Kier molecular flexibility index (Phi) is 4.80. The first-order chi connectivity index (χ1) is 11.5. The fourth-order valence-electron chi connectivity index (χ4n) is 3.79. The monoisotopic (exact) mass is 328 g/mol. The number of Topliss-reactive ketones (excluding diaryl/α,β-unsaturated/α-hetero) is 1. The number of benzene rings is 1. The molecular weight excluding hydrogens is 300 g/mol. The van der Waals surface area contributed by atoms with Gasteiger partial charge in [-0.05, 0) is 82.3 Å². The Morgan fingerprint density at radius 3 is 1.62 bits per heavy atom. The van der Waals surface area contributed by atoms with Crippen LogP contribution in [0.25, 0.3) is 0 Å². The van der Waals surface area contributed by atoms with Gasteiger partial charge in [0.1, 0.15) is 5.78 Å². The van der Waals surface area contributed by atoms with Gasteiger partial charge in [0.2, 0.25) is 0 Å². The molecule has 0 unspecified atom stereocenters. The van der Waals surface area contributed by atoms with E-state index in [1.165, 1.54) is 11.1 Å². The molecule has 0 radical (unpaired) electrons. The Morgan fingerprint density at radius 1 is 0.875 bits per heavy atom. The molecule has 130 valence electrons. The van der Waals surface area contributed by atoms with Crippen molar-refractivity contribution >= 4 is 11.8 Å². The van der Waals surface area contributed by atoms with E-state index in [2.05, 4.69) is 24.3 Å². The molecule has 2 fully saturated rings. The lowest BCUT2D eigenvalue weighted by atomic mass is 9.93. The van der Waals surface area contributed by atoms with Crippen molar-refractivity contribution in [1.82, 2.24) is 0 Å². The number of hydrogen-bond donors (Lipinski definition) is 1. The van der Waals surface area contributed by atoms with Crippen LogP contribution in [-0.2, 0) is 22.4 Å². The summed E-state index contributed by atoms with van der Waals surface area (Å²) < 4.78 is 0. The van der Waals surface area contributed by atoms with E-state index in [0.29, 0.717) is 5.78 Å². The van der Waals surface area contributed by atoms with E-state index in [4.69, 9.17) is 0 Å². The molecule has 0 heterocycles. The summed E-state index contributed by atoms with van der Waals surface area (Å²) in [5.74, 6) is -0.246. The Hall–Kier alpha value is -1.64. The van der Waals surface area contributed by atoms with Gasteiger partial charge in [-0.3, -0.25) is 9.59 Å². The van der Waals surface area contributed by atoms with Crippen molar-refractivity contribution in [3.05, 3.63) is 35.4 Å². The lowest BCUT2D eigenvalue weighted by molar-refractivity contribution is -0.143. The summed E-state index contributed by atoms with van der Waals surface area (Å²) in [5, 5.41) is 9.19. The Morgan fingerprint density at radius 2 is 1.29 bits per heavy atom. The molecule has 0 bridgehead atoms. The first-order valence-corrected chi connectivity index (χ1v) is 9.28. The van der Waals surface area contributed by atoms with Gasteiger partial charge in [0.05, 0.1) is 5.41 Å². The normalized spacial score (nSPS) is 19.7. The molecule has 3 nitrogen and oxygen atoms in total. The molecule has 1 aromatic rings. The van der Waals surface area contributed by atoms with Crippen LogP contribution in [0.3, 0.4) is 0 Å². The van der Waals surface area contributed by atoms with Crippen LogP contribution in [0.4, 0.5) is 0 Å². The van der Waals surface area contributed by atoms with Crippen molar-refractivity contribution in [2.45, 2.75) is 71.1 Å². The third-order valence-corrected chi connectivity index (χ3v) is 6.17. The zero-order valence-electron chi connectivity index (χ0n) is 14.6. The van der Waals surface area contributed by atoms with E-state index in [1.54, 1.807) is 6.92 Å². The number of carbonyl (C=O) groups excluding carboxylic acids is 1. The summed E-state index contributed by atoms with van der Waals surface area (Å²) in [4.78, 5) is 22.8. The molecule has 2 aliphatic rings. The highest BCUT2D eigenvalue weighted by atomic mass is 16.4. The molecule has 2 aliphatic carbocycles. The predicted molar refractivity (Wildman–Crippen MR) is 94.0 cm³/mol. The van der Waals surface area contributed by atoms with E-state index in [-0.39, 0.29) is 5.41 Å². The van der Waals surface area contributed by atoms with Crippen molar-refractivity contribution in [3.8, 4) is 0 Å². The molecular formula is C21H28O3. The molecule has 0 saturated heterocycles. The molecule has 3 rings (SSSR count). The second-order valence-corrected chi connectivity index (χ2v) is 7.95. The molecule has 0 aromatic heterocycles. The largest absolute Gasteiger partial charge is 0.481 e. The third kappa shape index (κ3) is 3.88. The highest BCUT2D eigenvalue weighted by Gasteiger charge is 2.49. The minimum Gasteiger partial charge on any atom is -0.481 e. The van der Waals surface area contributed by atoms with E-state index in [9.17, 15) is 14.7 Å². The minimum atomic E-state index is -0.614. The molecule has 3 heteroatoms. The first kappa shape index (κ1) is 17.2. The summed E-state index contributed by atoms with van der Waals surface area (Å²) in [6, 6.07) is 8.72. The number of hydrogen-bond acceptors (Lipinski definition) is 2. The minimum absolute atomic E-state index is 0.0306. The molecule has 0 spiro atoms. The van der Waals surface area contributed by atoms with E-state index < -0.39 is 11.4 Å². The summed E-state index contributed by atoms with van der Waals surface area (Å²) in [6.45, 7) is 1.73. The predicted octanol–water partition coefficient (Wildman–Crippen LogP) is 4.57. The van der Waals surface area contributed by atoms with Gasteiger partial charge < -0.3 is 5.11 Å². The van der Waals surface area contributed by atoms with Gasteiger partial charge in [-0.15, -0.1) is 0 Å². The van der Waals surface area contributed by atoms with E-state index in [1.807, 2.05) is 0 Å². The lowest BCUT2D eigenvalue weighted by Gasteiger charge is -2.11. The fourth-order valence-corrected chi connectivity index (χ4v) is 3.79. The highest BCUT2D eigenvalue weighted by Crippen LogP contribution is 2.51. The van der Waals surface area contributed by atoms with Crippen molar-refractivity contribution in [1.29, 1.82) is 0 Å². The van der Waals surface area contributed by atoms with Crippen molar-refractivity contribution in [3.63, 3.8) is 0 Å². The van der Waals surface area contributed by atoms with Crippen molar-refractivity contribution in [2.24, 2.45) is 10.8 Å². The summed E-state index contributed by atoms with van der Waals surface area (Å²) in [5.41, 5.74) is 2.27. The maximum absolute atomic E-state index is 11.6. The van der Waals surface area contributed by atoms with Gasteiger partial charge >= 0.3 is 5.97 Å². The smallest absolute Gasteiger partial charge is 0.309 e. The van der Waals surface area contributed by atoms with E-state index in [0.717, 1.165) is 64.2 Å². The summed E-state index contributed by atoms with van der Waals surface area (Å²) in [7, 11) is 0. The highest BCUT2D eigenvalue weighted by molar-refractivity contribution is 5.84. The van der Waals surface area contributed by atoms with Crippen molar-refractivity contribution < 1.29 is 14.7 Å². The van der Waals surface area contributed by atoms with Crippen LogP contribution in [0.5, 0.6) is 0 Å². The average Bonchev–Trinajstić information content (AvgIpc) is 3.43. The van der Waals surface area contributed by atoms with Gasteiger partial charge in [0, 0.05) is 5.41 Å². The maximum atomic E-state index is 11.6. The number of carboxylic acid groups (broad SMARTS) is 1. The standard InChI is InChI=1S/C21H28O3/c1-16(22)20(12-13-20)10-2-4-17-6-8-18(9-7-17)5-3-11-21(14-15-21)19(23)24/h6-9H,2-5,10-15H2,1H3,(H,23,24). The van der Waals surface area contributed by atoms with Crippen LogP contribution < -0.4 is 0 Å². The number of rotatable bonds is 10. The molecule has 2 saturated carbocycles. The Labute approximate surface area is 144 Å². The molecule has 1 N–H and O–H groups in total. The Balaban J connectivity index is 1.39. The molecule has 0 aliphatic heterocycles. The zero-order valence-corrected chi connectivity index (χ0v) is 14.6. The van der Waals surface area contributed by atoms with Gasteiger partial charge in [-0.1, -0.05) is 24.3 Å². The first-order valence-electron chi connectivity index (χ1n) is 9.28. The second kappa shape index (κ2) is 6.70. The molecule has 0 amide bonds. The average molecular weight is 328 g/mol. The number of aliphatic carboxylic acids is 1. The van der Waals surface area contributed by atoms with Crippen LogP contribution in [0.1, 0.15) is 69.4 Å². The number of carbonyl (C=O) groups is 2. The lowest BCUT2D eigenvalue weighted by Crippen LogP contribution is -2.14. The fraction of sp³-hybridized carbons (Fsp3) is 0.619. The number of ketones is 1. The quantitative estimate of drug-likeness (QED) is 0.684. The summed E-state index contributed by atoms with van der Waals surface area (Å²) >= 11 is 0. The van der Waals surface area contributed by atoms with Crippen molar-refractivity contribution in [2.75, 3.05) is 0 Å². The number of aryl methyl sites for hydroxylation is 2. The molecule has 1 aromatic carbocycles. The van der Waals surface area contributed by atoms with Gasteiger partial charge in [0.25, 0.3) is 0 Å². The third-order valence-electron chi connectivity index (χ3n) is 6.17. The molecule has 24 heavy (non-hydrogen) atoms. The SMILES string of the molecule is CC(=O)C1(CCCc2ccc(CCCC3(C(=O)O)CC3)cc2)CC1. The van der Waals surface area contributed by atoms with Gasteiger partial charge in [0.15, 0.2) is 0 Å². The maximum Gasteiger partial charge on any atom is 0.309 e. The van der Waals surface area contributed by atoms with Gasteiger partial charge in [-0.2, -0.15) is 0 Å². The Bertz CT molecular complexity index is 551. The van der Waals surface area contributed by atoms with Crippen LogP contribution in [0.2, 0.25) is 0 Å².